The molecule has 1 amide bonds. The fraction of sp³-hybridized carbons (Fsp3) is 0.429. The highest BCUT2D eigenvalue weighted by atomic mass is 16.1. The Balaban J connectivity index is 1.69. The number of nitrogens with zero attached hydrogens (tertiary/aromatic N) is 1. The van der Waals surface area contributed by atoms with E-state index in [1.54, 1.807) is 18.2 Å². The minimum Gasteiger partial charge on any atom is -0.397 e. The number of carbonyl (C=O) groups excluding carboxylic acids is 1. The molecule has 0 spiro atoms. The van der Waals surface area contributed by atoms with Crippen LogP contribution in [0, 0.1) is 29.1 Å². The zero-order chi connectivity index (χ0) is 12.7. The normalized spacial score (nSPS) is 28.3. The summed E-state index contributed by atoms with van der Waals surface area (Å²) >= 11 is 0. The Hall–Kier alpha value is -2.02. The number of nitrogens with one attached hydrogen (secondary N) is 1. The molecule has 2 atom stereocenters. The van der Waals surface area contributed by atoms with E-state index in [0.717, 1.165) is 24.7 Å². The number of nitrogens with two attached hydrogens (primary N) is 1. The van der Waals surface area contributed by atoms with Crippen LogP contribution in [0.15, 0.2) is 18.2 Å². The molecule has 0 heterocycles. The van der Waals surface area contributed by atoms with Gasteiger partial charge in [-0.3, -0.25) is 4.79 Å². The number of nitrogen functional groups attached to an aromatic ring is 1. The Morgan fingerprint density at radius 3 is 2.67 bits per heavy atom. The first-order valence-electron chi connectivity index (χ1n) is 6.28. The molecule has 3 rings (SSSR count). The lowest BCUT2D eigenvalue weighted by atomic mass is 10.0. The van der Waals surface area contributed by atoms with Gasteiger partial charge in [-0.15, -0.1) is 0 Å². The maximum Gasteiger partial charge on any atom is 0.227 e. The average Bonchev–Trinajstić information content (AvgIpc) is 2.98. The zero-order valence-corrected chi connectivity index (χ0v) is 10.0. The molecule has 2 fully saturated rings. The van der Waals surface area contributed by atoms with Crippen molar-refractivity contribution in [2.75, 3.05) is 11.1 Å². The summed E-state index contributed by atoms with van der Waals surface area (Å²) in [6.45, 7) is 0. The molecular weight excluding hydrogens is 226 g/mol. The van der Waals surface area contributed by atoms with E-state index >= 15 is 0 Å². The molecule has 18 heavy (non-hydrogen) atoms. The van der Waals surface area contributed by atoms with Crippen LogP contribution in [0.3, 0.4) is 0 Å². The molecule has 4 heteroatoms. The van der Waals surface area contributed by atoms with Crippen LogP contribution in [0.1, 0.15) is 24.8 Å². The first kappa shape index (κ1) is 11.1. The number of carbonyl (C=O) groups is 1. The lowest BCUT2D eigenvalue weighted by molar-refractivity contribution is -0.120. The highest BCUT2D eigenvalue weighted by Gasteiger charge is 2.47. The predicted molar refractivity (Wildman–Crippen MR) is 68.5 cm³/mol. The van der Waals surface area contributed by atoms with E-state index in [9.17, 15) is 4.79 Å². The van der Waals surface area contributed by atoms with E-state index in [2.05, 4.69) is 5.32 Å². The molecule has 92 valence electrons. The molecule has 1 aromatic rings. The number of benzene rings is 1. The second kappa shape index (κ2) is 4.02. The first-order chi connectivity index (χ1) is 8.67. The number of hydrogen-bond donors (Lipinski definition) is 2. The summed E-state index contributed by atoms with van der Waals surface area (Å²) < 4.78 is 0. The monoisotopic (exact) mass is 241 g/mol. The van der Waals surface area contributed by atoms with E-state index < -0.39 is 0 Å². The molecule has 1 aromatic carbocycles. The van der Waals surface area contributed by atoms with Crippen molar-refractivity contribution >= 4 is 17.3 Å². The van der Waals surface area contributed by atoms with Crippen LogP contribution in [0.2, 0.25) is 0 Å². The largest absolute Gasteiger partial charge is 0.397 e. The summed E-state index contributed by atoms with van der Waals surface area (Å²) in [5.41, 5.74) is 7.38. The highest BCUT2D eigenvalue weighted by Crippen LogP contribution is 2.54. The standard InChI is InChI=1S/C14H15N3O/c15-7-8-1-2-13(12(16)3-8)17-14(18)11-5-9-4-10(9)6-11/h1-3,9-11H,4-6,16H2,(H,17,18). The molecule has 3 N–H and O–H groups in total. The number of anilines is 2. The third-order valence-electron chi connectivity index (χ3n) is 4.05. The molecule has 2 unspecified atom stereocenters. The number of fused-ring (bicyclic) bond motifs is 1. The van der Waals surface area contributed by atoms with Gasteiger partial charge in [0.15, 0.2) is 0 Å². The Bertz CT molecular complexity index is 536. The lowest BCUT2D eigenvalue weighted by Gasteiger charge is -2.13. The van der Waals surface area contributed by atoms with Crippen molar-refractivity contribution in [2.24, 2.45) is 17.8 Å². The van der Waals surface area contributed by atoms with Gasteiger partial charge in [-0.25, -0.2) is 0 Å². The summed E-state index contributed by atoms with van der Waals surface area (Å²) in [6.07, 6.45) is 3.35. The van der Waals surface area contributed by atoms with Gasteiger partial charge in [0.25, 0.3) is 0 Å². The maximum atomic E-state index is 12.1. The Morgan fingerprint density at radius 1 is 1.33 bits per heavy atom. The molecule has 0 bridgehead atoms. The van der Waals surface area contributed by atoms with Crippen molar-refractivity contribution in [3.05, 3.63) is 23.8 Å². The maximum absolute atomic E-state index is 12.1. The van der Waals surface area contributed by atoms with Gasteiger partial charge in [-0.05, 0) is 49.3 Å². The summed E-state index contributed by atoms with van der Waals surface area (Å²) in [5.74, 6) is 1.79. The fourth-order valence-corrected chi connectivity index (χ4v) is 2.91. The van der Waals surface area contributed by atoms with Gasteiger partial charge >= 0.3 is 0 Å². The summed E-state index contributed by atoms with van der Waals surface area (Å²) in [7, 11) is 0. The number of amides is 1. The quantitative estimate of drug-likeness (QED) is 0.778. The lowest BCUT2D eigenvalue weighted by Crippen LogP contribution is -2.22. The van der Waals surface area contributed by atoms with Gasteiger partial charge in [0.2, 0.25) is 5.91 Å². The smallest absolute Gasteiger partial charge is 0.227 e. The topological polar surface area (TPSA) is 78.9 Å². The van der Waals surface area contributed by atoms with Crippen molar-refractivity contribution in [3.8, 4) is 6.07 Å². The van der Waals surface area contributed by atoms with Crippen molar-refractivity contribution in [3.63, 3.8) is 0 Å². The van der Waals surface area contributed by atoms with Crippen LogP contribution in [-0.2, 0) is 4.79 Å². The van der Waals surface area contributed by atoms with Crippen molar-refractivity contribution in [2.45, 2.75) is 19.3 Å². The van der Waals surface area contributed by atoms with E-state index in [4.69, 9.17) is 11.0 Å². The van der Waals surface area contributed by atoms with Crippen LogP contribution in [0.25, 0.3) is 0 Å². The summed E-state index contributed by atoms with van der Waals surface area (Å²) in [5, 5.41) is 11.6. The molecule has 0 aliphatic heterocycles. The molecule has 0 saturated heterocycles. The van der Waals surface area contributed by atoms with Gasteiger partial charge in [0.05, 0.1) is 23.0 Å². The van der Waals surface area contributed by atoms with Gasteiger partial charge in [0, 0.05) is 5.92 Å². The molecule has 0 radical (unpaired) electrons. The highest BCUT2D eigenvalue weighted by molar-refractivity contribution is 5.95. The van der Waals surface area contributed by atoms with Gasteiger partial charge < -0.3 is 11.1 Å². The van der Waals surface area contributed by atoms with E-state index in [1.807, 2.05) is 6.07 Å². The fourth-order valence-electron chi connectivity index (χ4n) is 2.91. The van der Waals surface area contributed by atoms with Crippen molar-refractivity contribution < 1.29 is 4.79 Å². The summed E-state index contributed by atoms with van der Waals surface area (Å²) in [4.78, 5) is 12.1. The minimum atomic E-state index is 0.0682. The SMILES string of the molecule is N#Cc1ccc(NC(=O)C2CC3CC3C2)c(N)c1. The van der Waals surface area contributed by atoms with E-state index in [-0.39, 0.29) is 11.8 Å². The molecule has 0 aromatic heterocycles. The second-order valence-electron chi connectivity index (χ2n) is 5.33. The van der Waals surface area contributed by atoms with Crippen LogP contribution in [-0.4, -0.2) is 5.91 Å². The van der Waals surface area contributed by atoms with Crippen LogP contribution >= 0.6 is 0 Å². The van der Waals surface area contributed by atoms with Gasteiger partial charge in [-0.2, -0.15) is 5.26 Å². The van der Waals surface area contributed by atoms with Crippen LogP contribution < -0.4 is 11.1 Å². The Morgan fingerprint density at radius 2 is 2.06 bits per heavy atom. The van der Waals surface area contributed by atoms with Gasteiger partial charge in [-0.1, -0.05) is 0 Å². The first-order valence-corrected chi connectivity index (χ1v) is 6.28. The van der Waals surface area contributed by atoms with Crippen LogP contribution in [0.5, 0.6) is 0 Å². The van der Waals surface area contributed by atoms with Crippen molar-refractivity contribution in [1.82, 2.24) is 0 Å². The molecule has 4 nitrogen and oxygen atoms in total. The second-order valence-corrected chi connectivity index (χ2v) is 5.33. The molecule has 2 saturated carbocycles. The van der Waals surface area contributed by atoms with Gasteiger partial charge in [0.1, 0.15) is 0 Å². The average molecular weight is 241 g/mol. The number of rotatable bonds is 2. The zero-order valence-electron chi connectivity index (χ0n) is 10.0. The van der Waals surface area contributed by atoms with E-state index in [1.165, 1.54) is 6.42 Å². The third-order valence-corrected chi connectivity index (χ3v) is 4.05. The number of hydrogen-bond acceptors (Lipinski definition) is 3. The number of nitriles is 1. The van der Waals surface area contributed by atoms with E-state index in [0.29, 0.717) is 16.9 Å². The third kappa shape index (κ3) is 1.92. The predicted octanol–water partition coefficient (Wildman–Crippen LogP) is 2.13. The summed E-state index contributed by atoms with van der Waals surface area (Å²) in [6, 6.07) is 6.97. The van der Waals surface area contributed by atoms with Crippen molar-refractivity contribution in [1.29, 1.82) is 5.26 Å². The Labute approximate surface area is 106 Å². The van der Waals surface area contributed by atoms with Crippen LogP contribution in [0.4, 0.5) is 11.4 Å². The molecule has 2 aliphatic carbocycles. The Kier molecular flexibility index (Phi) is 2.48. The minimum absolute atomic E-state index is 0.0682. The molecule has 2 aliphatic rings. The molecular formula is C14H15N3O.